The summed E-state index contributed by atoms with van der Waals surface area (Å²) in [7, 11) is 0. The maximum Gasteiger partial charge on any atom is 0.0378 e. The van der Waals surface area contributed by atoms with E-state index in [1.54, 1.807) is 0 Å². The number of aromatic nitrogens is 1. The Kier molecular flexibility index (Phi) is 2.09. The first-order valence-corrected chi connectivity index (χ1v) is 4.25. The summed E-state index contributed by atoms with van der Waals surface area (Å²) in [4.78, 5) is 4.16. The first-order valence-electron chi connectivity index (χ1n) is 4.25. The molecule has 0 aliphatic heterocycles. The molecule has 0 atom stereocenters. The van der Waals surface area contributed by atoms with Gasteiger partial charge >= 0.3 is 0 Å². The second-order valence-corrected chi connectivity index (χ2v) is 2.97. The van der Waals surface area contributed by atoms with Crippen molar-refractivity contribution in [1.82, 2.24) is 4.98 Å². The lowest BCUT2D eigenvalue weighted by Crippen LogP contribution is -1.81. The van der Waals surface area contributed by atoms with E-state index in [0.29, 0.717) is 0 Å². The van der Waals surface area contributed by atoms with E-state index in [-0.39, 0.29) is 0 Å². The van der Waals surface area contributed by atoms with Crippen molar-refractivity contribution >= 4 is 0 Å². The molecule has 0 aliphatic rings. The van der Waals surface area contributed by atoms with Gasteiger partial charge in [0.2, 0.25) is 0 Å². The first kappa shape index (κ1) is 7.99. The molecule has 0 saturated carbocycles. The predicted octanol–water partition coefficient (Wildman–Crippen LogP) is 2.86. The number of hydrogen-bond donors (Lipinski definition) is 0. The molecule has 1 aromatic carbocycles. The highest BCUT2D eigenvalue weighted by atomic mass is 14.6. The van der Waals surface area contributed by atoms with Gasteiger partial charge < -0.3 is 0 Å². The maximum atomic E-state index is 4.16. The molecule has 1 nitrogen and oxygen atoms in total. The largest absolute Gasteiger partial charge is 0.262 e. The lowest BCUT2D eigenvalue weighted by atomic mass is 10.1. The molecule has 0 saturated heterocycles. The van der Waals surface area contributed by atoms with Gasteiger partial charge in [0.05, 0.1) is 0 Å². The molecule has 1 heterocycles. The van der Waals surface area contributed by atoms with Crippen LogP contribution in [0.3, 0.4) is 0 Å². The smallest absolute Gasteiger partial charge is 0.0378 e. The Bertz CT molecular complexity index is 393. The van der Waals surface area contributed by atoms with Crippen molar-refractivity contribution in [2.24, 2.45) is 0 Å². The van der Waals surface area contributed by atoms with Gasteiger partial charge in [0, 0.05) is 11.9 Å². The average Bonchev–Trinajstić information content (AvgIpc) is 2.19. The standard InChI is InChI=1S/C12H10N/c1-10-9-12(7-8-13-10)11-5-3-2-4-6-11/h3-9H,1H3. The molecule has 0 fully saturated rings. The van der Waals surface area contributed by atoms with Crippen LogP contribution in [0.15, 0.2) is 42.6 Å². The van der Waals surface area contributed by atoms with Crippen LogP contribution < -0.4 is 0 Å². The van der Waals surface area contributed by atoms with Crippen molar-refractivity contribution < 1.29 is 0 Å². The van der Waals surface area contributed by atoms with Crippen LogP contribution in [0.25, 0.3) is 11.1 Å². The zero-order valence-corrected chi connectivity index (χ0v) is 7.49. The molecule has 2 rings (SSSR count). The molecular formula is C12H10N. The third kappa shape index (κ3) is 1.75. The van der Waals surface area contributed by atoms with Gasteiger partial charge in [-0.05, 0) is 36.2 Å². The van der Waals surface area contributed by atoms with Gasteiger partial charge in [0.15, 0.2) is 0 Å². The Morgan fingerprint density at radius 1 is 1.08 bits per heavy atom. The van der Waals surface area contributed by atoms with Crippen molar-refractivity contribution in [1.29, 1.82) is 0 Å². The molecule has 0 bridgehead atoms. The minimum atomic E-state index is 1.05. The van der Waals surface area contributed by atoms with Crippen LogP contribution in [0.4, 0.5) is 0 Å². The molecule has 0 unspecified atom stereocenters. The molecule has 1 heteroatoms. The van der Waals surface area contributed by atoms with Crippen LogP contribution in [-0.2, 0) is 0 Å². The normalized spacial score (nSPS) is 9.92. The number of pyridine rings is 1. The van der Waals surface area contributed by atoms with E-state index in [2.05, 4.69) is 29.2 Å². The van der Waals surface area contributed by atoms with E-state index in [4.69, 9.17) is 0 Å². The van der Waals surface area contributed by atoms with Gasteiger partial charge in [-0.3, -0.25) is 4.98 Å². The summed E-state index contributed by atoms with van der Waals surface area (Å²) >= 11 is 0. The second kappa shape index (κ2) is 3.40. The fourth-order valence-electron chi connectivity index (χ4n) is 1.30. The van der Waals surface area contributed by atoms with Gasteiger partial charge in [0.1, 0.15) is 0 Å². The van der Waals surface area contributed by atoms with E-state index in [9.17, 15) is 0 Å². The molecule has 13 heavy (non-hydrogen) atoms. The van der Waals surface area contributed by atoms with Gasteiger partial charge in [-0.25, -0.2) is 0 Å². The second-order valence-electron chi connectivity index (χ2n) is 2.97. The van der Waals surface area contributed by atoms with Gasteiger partial charge in [-0.1, -0.05) is 24.3 Å². The Balaban J connectivity index is 2.48. The summed E-state index contributed by atoms with van der Waals surface area (Å²) in [5.74, 6) is 0. The van der Waals surface area contributed by atoms with Crippen LogP contribution in [0, 0.1) is 13.0 Å². The number of rotatable bonds is 1. The molecule has 1 aromatic heterocycles. The van der Waals surface area contributed by atoms with E-state index >= 15 is 0 Å². The maximum absolute atomic E-state index is 4.16. The van der Waals surface area contributed by atoms with Crippen molar-refractivity contribution in [3.63, 3.8) is 0 Å². The zero-order chi connectivity index (χ0) is 9.10. The van der Waals surface area contributed by atoms with Gasteiger partial charge in [0.25, 0.3) is 0 Å². The van der Waals surface area contributed by atoms with Crippen LogP contribution >= 0.6 is 0 Å². The van der Waals surface area contributed by atoms with E-state index in [1.165, 1.54) is 11.1 Å². The van der Waals surface area contributed by atoms with Crippen molar-refractivity contribution in [3.05, 3.63) is 54.4 Å². The molecule has 0 N–H and O–H groups in total. The Morgan fingerprint density at radius 2 is 1.85 bits per heavy atom. The summed E-state index contributed by atoms with van der Waals surface area (Å²) in [6.45, 7) is 2.00. The topological polar surface area (TPSA) is 12.9 Å². The lowest BCUT2D eigenvalue weighted by Gasteiger charge is -2.00. The number of nitrogens with zero attached hydrogens (tertiary/aromatic N) is 1. The van der Waals surface area contributed by atoms with Gasteiger partial charge in [-0.15, -0.1) is 0 Å². The highest BCUT2D eigenvalue weighted by Gasteiger charge is 1.95. The highest BCUT2D eigenvalue weighted by molar-refractivity contribution is 5.62. The van der Waals surface area contributed by atoms with E-state index in [1.807, 2.05) is 31.3 Å². The average molecular weight is 168 g/mol. The predicted molar refractivity (Wildman–Crippen MR) is 53.2 cm³/mol. The minimum absolute atomic E-state index is 1.05. The lowest BCUT2D eigenvalue weighted by molar-refractivity contribution is 1.20. The Hall–Kier alpha value is -1.63. The molecule has 1 radical (unpaired) electrons. The third-order valence-electron chi connectivity index (χ3n) is 1.95. The number of aryl methyl sites for hydroxylation is 1. The Morgan fingerprint density at radius 3 is 2.54 bits per heavy atom. The molecule has 63 valence electrons. The Labute approximate surface area is 78.1 Å². The van der Waals surface area contributed by atoms with Crippen LogP contribution in [0.5, 0.6) is 0 Å². The van der Waals surface area contributed by atoms with Crippen LogP contribution in [0.1, 0.15) is 5.69 Å². The molecule has 0 aliphatic carbocycles. The van der Waals surface area contributed by atoms with Crippen molar-refractivity contribution in [2.75, 3.05) is 0 Å². The summed E-state index contributed by atoms with van der Waals surface area (Å²) in [5, 5.41) is 0. The first-order chi connectivity index (χ1) is 6.36. The number of hydrogen-bond acceptors (Lipinski definition) is 1. The van der Waals surface area contributed by atoms with E-state index in [0.717, 1.165) is 5.69 Å². The number of benzene rings is 1. The third-order valence-corrected chi connectivity index (χ3v) is 1.95. The summed E-state index contributed by atoms with van der Waals surface area (Å²) in [5.41, 5.74) is 3.47. The van der Waals surface area contributed by atoms with Crippen molar-refractivity contribution in [3.8, 4) is 11.1 Å². The SMILES string of the molecule is Cc1cc(-c2cc[c]cc2)ccn1. The van der Waals surface area contributed by atoms with E-state index < -0.39 is 0 Å². The minimum Gasteiger partial charge on any atom is -0.262 e. The van der Waals surface area contributed by atoms with Crippen LogP contribution in [0.2, 0.25) is 0 Å². The molecule has 2 aromatic rings. The molecule has 0 amide bonds. The van der Waals surface area contributed by atoms with Crippen molar-refractivity contribution in [2.45, 2.75) is 6.92 Å². The fourth-order valence-corrected chi connectivity index (χ4v) is 1.30. The molecular weight excluding hydrogens is 158 g/mol. The summed E-state index contributed by atoms with van der Waals surface area (Å²) in [6, 6.07) is 15.0. The quantitative estimate of drug-likeness (QED) is 0.638. The summed E-state index contributed by atoms with van der Waals surface area (Å²) in [6.07, 6.45) is 1.83. The highest BCUT2D eigenvalue weighted by Crippen LogP contribution is 2.17. The van der Waals surface area contributed by atoms with Crippen LogP contribution in [-0.4, -0.2) is 4.98 Å². The summed E-state index contributed by atoms with van der Waals surface area (Å²) < 4.78 is 0. The fraction of sp³-hybridized carbons (Fsp3) is 0.0833. The monoisotopic (exact) mass is 168 g/mol. The van der Waals surface area contributed by atoms with Gasteiger partial charge in [-0.2, -0.15) is 0 Å². The molecule has 0 spiro atoms. The zero-order valence-electron chi connectivity index (χ0n) is 7.49.